The molecule has 3 nitrogen and oxygen atoms in total. The standard InChI is InChI=1S/C15H10FN2O/c16-15-7-5-12(6-8-15)10-18-19-11-14-4-2-1-3-13(14)9-17/h1-8H,11H2. The van der Waals surface area contributed by atoms with Gasteiger partial charge in [-0.05, 0) is 30.3 Å². The second kappa shape index (κ2) is 6.31. The molecular formula is C15H10FN2O. The average molecular weight is 253 g/mol. The first kappa shape index (κ1) is 12.8. The highest BCUT2D eigenvalue weighted by Crippen LogP contribution is 2.08. The first-order valence-corrected chi connectivity index (χ1v) is 5.61. The molecule has 0 spiro atoms. The first-order chi connectivity index (χ1) is 9.29. The average Bonchev–Trinajstić information content (AvgIpc) is 2.46. The summed E-state index contributed by atoms with van der Waals surface area (Å²) in [6.07, 6.45) is 2.63. The first-order valence-electron chi connectivity index (χ1n) is 5.61. The van der Waals surface area contributed by atoms with Crippen molar-refractivity contribution in [2.24, 2.45) is 5.16 Å². The van der Waals surface area contributed by atoms with Gasteiger partial charge in [0.15, 0.2) is 0 Å². The van der Waals surface area contributed by atoms with Crippen LogP contribution in [-0.4, -0.2) is 6.21 Å². The van der Waals surface area contributed by atoms with Crippen molar-refractivity contribution in [1.29, 1.82) is 5.26 Å². The highest BCUT2D eigenvalue weighted by molar-refractivity contribution is 5.78. The molecule has 19 heavy (non-hydrogen) atoms. The Labute approximate surface area is 110 Å². The van der Waals surface area contributed by atoms with Crippen molar-refractivity contribution < 1.29 is 9.23 Å². The van der Waals surface area contributed by atoms with Crippen molar-refractivity contribution in [2.75, 3.05) is 0 Å². The summed E-state index contributed by atoms with van der Waals surface area (Å²) in [5, 5.41) is 12.6. The molecule has 0 aliphatic carbocycles. The minimum Gasteiger partial charge on any atom is -0.390 e. The fraction of sp³-hybridized carbons (Fsp3) is 0.0667. The van der Waals surface area contributed by atoms with Gasteiger partial charge in [0, 0.05) is 11.1 Å². The van der Waals surface area contributed by atoms with Crippen molar-refractivity contribution in [3.63, 3.8) is 0 Å². The fourth-order valence-electron chi connectivity index (χ4n) is 1.47. The molecule has 0 saturated heterocycles. The van der Waals surface area contributed by atoms with Crippen LogP contribution in [0.4, 0.5) is 4.39 Å². The van der Waals surface area contributed by atoms with Crippen LogP contribution in [0.5, 0.6) is 0 Å². The van der Waals surface area contributed by atoms with Crippen molar-refractivity contribution >= 4 is 6.21 Å². The van der Waals surface area contributed by atoms with E-state index < -0.39 is 0 Å². The molecule has 1 radical (unpaired) electrons. The van der Waals surface area contributed by atoms with Gasteiger partial charge in [0.1, 0.15) is 18.6 Å². The van der Waals surface area contributed by atoms with Crippen LogP contribution in [0, 0.1) is 17.1 Å². The van der Waals surface area contributed by atoms with Gasteiger partial charge in [-0.25, -0.2) is 4.39 Å². The smallest absolute Gasteiger partial charge is 0.143 e. The van der Waals surface area contributed by atoms with Gasteiger partial charge in [0.2, 0.25) is 0 Å². The Kier molecular flexibility index (Phi) is 4.25. The molecule has 0 aliphatic rings. The molecule has 0 atom stereocenters. The van der Waals surface area contributed by atoms with Crippen molar-refractivity contribution in [3.8, 4) is 6.07 Å². The maximum absolute atomic E-state index is 12.7. The number of nitriles is 1. The third-order valence-electron chi connectivity index (χ3n) is 2.44. The van der Waals surface area contributed by atoms with E-state index >= 15 is 0 Å². The van der Waals surface area contributed by atoms with Crippen LogP contribution in [0.1, 0.15) is 16.7 Å². The molecule has 2 rings (SSSR count). The van der Waals surface area contributed by atoms with Crippen LogP contribution in [0.3, 0.4) is 0 Å². The molecule has 2 aromatic rings. The Balaban J connectivity index is 1.93. The van der Waals surface area contributed by atoms with E-state index in [9.17, 15) is 4.39 Å². The van der Waals surface area contributed by atoms with Crippen LogP contribution < -0.4 is 0 Å². The van der Waals surface area contributed by atoms with Gasteiger partial charge in [-0.2, -0.15) is 5.26 Å². The summed E-state index contributed by atoms with van der Waals surface area (Å²) in [5.41, 5.74) is 1.93. The van der Waals surface area contributed by atoms with E-state index in [4.69, 9.17) is 10.1 Å². The molecule has 0 amide bonds. The molecule has 0 N–H and O–H groups in total. The zero-order valence-electron chi connectivity index (χ0n) is 10.0. The van der Waals surface area contributed by atoms with Crippen LogP contribution >= 0.6 is 0 Å². The van der Waals surface area contributed by atoms with Gasteiger partial charge < -0.3 is 4.84 Å². The summed E-state index contributed by atoms with van der Waals surface area (Å²) in [4.78, 5) is 5.07. The Hall–Kier alpha value is -2.67. The summed E-state index contributed by atoms with van der Waals surface area (Å²) >= 11 is 0. The summed E-state index contributed by atoms with van der Waals surface area (Å²) in [6.45, 7) is 0.192. The summed E-state index contributed by atoms with van der Waals surface area (Å²) in [7, 11) is 0. The highest BCUT2D eigenvalue weighted by atomic mass is 19.1. The largest absolute Gasteiger partial charge is 0.390 e. The molecule has 0 aliphatic heterocycles. The van der Waals surface area contributed by atoms with E-state index in [0.29, 0.717) is 11.1 Å². The maximum atomic E-state index is 12.7. The molecule has 0 saturated carbocycles. The molecule has 0 unspecified atom stereocenters. The quantitative estimate of drug-likeness (QED) is 0.620. The van der Waals surface area contributed by atoms with Gasteiger partial charge in [0.05, 0.1) is 11.6 Å². The number of hydrogen-bond donors (Lipinski definition) is 0. The van der Waals surface area contributed by atoms with Crippen LogP contribution in [0.2, 0.25) is 0 Å². The fourth-order valence-corrected chi connectivity index (χ4v) is 1.47. The monoisotopic (exact) mass is 253 g/mol. The van der Waals surface area contributed by atoms with E-state index in [1.165, 1.54) is 12.1 Å². The van der Waals surface area contributed by atoms with Crippen molar-refractivity contribution in [2.45, 2.75) is 6.61 Å². The lowest BCUT2D eigenvalue weighted by molar-refractivity contribution is 0.132. The number of nitrogens with zero attached hydrogens (tertiary/aromatic N) is 2. The van der Waals surface area contributed by atoms with Crippen LogP contribution in [0.25, 0.3) is 0 Å². The summed E-state index contributed by atoms with van der Waals surface area (Å²) < 4.78 is 12.7. The van der Waals surface area contributed by atoms with E-state index in [0.717, 1.165) is 5.56 Å². The van der Waals surface area contributed by atoms with Gasteiger partial charge in [0.25, 0.3) is 0 Å². The molecule has 93 valence electrons. The summed E-state index contributed by atoms with van der Waals surface area (Å²) in [6, 6.07) is 14.9. The zero-order valence-corrected chi connectivity index (χ0v) is 10.0. The zero-order chi connectivity index (χ0) is 13.5. The predicted octanol–water partition coefficient (Wildman–Crippen LogP) is 3.13. The second-order valence-corrected chi connectivity index (χ2v) is 3.75. The maximum Gasteiger partial charge on any atom is 0.143 e. The Morgan fingerprint density at radius 1 is 1.11 bits per heavy atom. The molecule has 4 heteroatoms. The van der Waals surface area contributed by atoms with E-state index in [2.05, 4.69) is 17.4 Å². The Morgan fingerprint density at radius 2 is 1.84 bits per heavy atom. The van der Waals surface area contributed by atoms with Crippen molar-refractivity contribution in [3.05, 3.63) is 71.0 Å². The third kappa shape index (κ3) is 3.65. The molecule has 2 aromatic carbocycles. The topological polar surface area (TPSA) is 45.4 Å². The molecule has 0 aromatic heterocycles. The minimum atomic E-state index is -0.311. The lowest BCUT2D eigenvalue weighted by Crippen LogP contribution is -1.92. The van der Waals surface area contributed by atoms with Gasteiger partial charge in [-0.1, -0.05) is 23.4 Å². The highest BCUT2D eigenvalue weighted by Gasteiger charge is 2.00. The number of rotatable bonds is 4. The van der Waals surface area contributed by atoms with Gasteiger partial charge in [-0.3, -0.25) is 0 Å². The Bertz CT molecular complexity index is 615. The number of hydrogen-bond acceptors (Lipinski definition) is 3. The van der Waals surface area contributed by atoms with Crippen LogP contribution in [-0.2, 0) is 11.4 Å². The lowest BCUT2D eigenvalue weighted by atomic mass is 10.1. The van der Waals surface area contributed by atoms with E-state index in [1.54, 1.807) is 30.3 Å². The van der Waals surface area contributed by atoms with Gasteiger partial charge >= 0.3 is 0 Å². The minimum absolute atomic E-state index is 0.192. The SMILES string of the molecule is N#Cc1ccccc1CO/N=[C]\c1ccc(F)cc1. The summed E-state index contributed by atoms with van der Waals surface area (Å²) in [5.74, 6) is -0.311. The van der Waals surface area contributed by atoms with Crippen LogP contribution in [0.15, 0.2) is 53.7 Å². The molecule has 0 fully saturated rings. The Morgan fingerprint density at radius 3 is 2.58 bits per heavy atom. The molecule has 0 bridgehead atoms. The molecular weight excluding hydrogens is 243 g/mol. The van der Waals surface area contributed by atoms with E-state index in [-0.39, 0.29) is 12.4 Å². The normalized spacial score (nSPS) is 10.3. The molecule has 0 heterocycles. The third-order valence-corrected chi connectivity index (χ3v) is 2.44. The number of benzene rings is 2. The predicted molar refractivity (Wildman–Crippen MR) is 68.9 cm³/mol. The number of halogens is 1. The van der Waals surface area contributed by atoms with E-state index in [1.807, 2.05) is 6.07 Å². The second-order valence-electron chi connectivity index (χ2n) is 3.75. The van der Waals surface area contributed by atoms with Gasteiger partial charge in [-0.15, -0.1) is 0 Å². The lowest BCUT2D eigenvalue weighted by Gasteiger charge is -2.01. The van der Waals surface area contributed by atoms with Crippen molar-refractivity contribution in [1.82, 2.24) is 0 Å².